The van der Waals surface area contributed by atoms with Crippen molar-refractivity contribution in [2.45, 2.75) is 12.1 Å². The van der Waals surface area contributed by atoms with Crippen LogP contribution >= 0.6 is 0 Å². The SMILES string of the molecule is COC(c1ccccc1)C(NN)c1cncnc1. The van der Waals surface area contributed by atoms with E-state index in [2.05, 4.69) is 15.4 Å². The zero-order valence-corrected chi connectivity index (χ0v) is 10.2. The molecule has 0 aliphatic rings. The largest absolute Gasteiger partial charge is 0.375 e. The highest BCUT2D eigenvalue weighted by molar-refractivity contribution is 5.23. The molecule has 1 aromatic carbocycles. The standard InChI is InChI=1S/C13H16N4O/c1-18-13(10-5-3-2-4-6-10)12(17-14)11-7-15-9-16-8-11/h2-9,12-13,17H,14H2,1H3. The molecule has 18 heavy (non-hydrogen) atoms. The van der Waals surface area contributed by atoms with Crippen molar-refractivity contribution in [1.82, 2.24) is 15.4 Å². The van der Waals surface area contributed by atoms with Gasteiger partial charge in [0.25, 0.3) is 0 Å². The van der Waals surface area contributed by atoms with Crippen LogP contribution in [0, 0.1) is 0 Å². The van der Waals surface area contributed by atoms with Gasteiger partial charge in [-0.3, -0.25) is 5.84 Å². The van der Waals surface area contributed by atoms with E-state index in [4.69, 9.17) is 10.6 Å². The molecule has 0 radical (unpaired) electrons. The number of hydrazine groups is 1. The summed E-state index contributed by atoms with van der Waals surface area (Å²) in [6.45, 7) is 0. The van der Waals surface area contributed by atoms with E-state index in [1.807, 2.05) is 30.3 Å². The number of benzene rings is 1. The lowest BCUT2D eigenvalue weighted by Gasteiger charge is -2.25. The molecule has 5 heteroatoms. The second-order valence-electron chi connectivity index (χ2n) is 3.88. The summed E-state index contributed by atoms with van der Waals surface area (Å²) in [4.78, 5) is 8.00. The monoisotopic (exact) mass is 244 g/mol. The predicted octanol–water partition coefficient (Wildman–Crippen LogP) is 1.37. The number of hydrogen-bond acceptors (Lipinski definition) is 5. The Kier molecular flexibility index (Phi) is 4.35. The fraction of sp³-hybridized carbons (Fsp3) is 0.231. The molecule has 0 bridgehead atoms. The third kappa shape index (κ3) is 2.70. The van der Waals surface area contributed by atoms with Gasteiger partial charge in [-0.1, -0.05) is 30.3 Å². The Bertz CT molecular complexity index is 417. The lowest BCUT2D eigenvalue weighted by Crippen LogP contribution is -2.33. The van der Waals surface area contributed by atoms with Gasteiger partial charge in [0.15, 0.2) is 0 Å². The van der Waals surface area contributed by atoms with E-state index in [1.165, 1.54) is 6.33 Å². The average molecular weight is 244 g/mol. The van der Waals surface area contributed by atoms with Gasteiger partial charge in [0.05, 0.1) is 6.04 Å². The zero-order chi connectivity index (χ0) is 12.8. The third-order valence-corrected chi connectivity index (χ3v) is 2.80. The summed E-state index contributed by atoms with van der Waals surface area (Å²) in [5.74, 6) is 5.63. The molecule has 3 N–H and O–H groups in total. The van der Waals surface area contributed by atoms with Gasteiger partial charge in [0.1, 0.15) is 12.4 Å². The number of ether oxygens (including phenoxy) is 1. The molecular formula is C13H16N4O. The average Bonchev–Trinajstić information content (AvgIpc) is 2.46. The van der Waals surface area contributed by atoms with E-state index >= 15 is 0 Å². The molecule has 1 aromatic heterocycles. The van der Waals surface area contributed by atoms with Gasteiger partial charge in [-0.25, -0.2) is 15.4 Å². The first-order valence-electron chi connectivity index (χ1n) is 5.65. The molecule has 94 valence electrons. The number of aromatic nitrogens is 2. The van der Waals surface area contributed by atoms with Crippen molar-refractivity contribution >= 4 is 0 Å². The second kappa shape index (κ2) is 6.20. The van der Waals surface area contributed by atoms with Gasteiger partial charge in [0.2, 0.25) is 0 Å². The molecule has 2 unspecified atom stereocenters. The summed E-state index contributed by atoms with van der Waals surface area (Å²) < 4.78 is 5.55. The van der Waals surface area contributed by atoms with E-state index in [9.17, 15) is 0 Å². The van der Waals surface area contributed by atoms with E-state index in [1.54, 1.807) is 19.5 Å². The number of nitrogens with zero attached hydrogens (tertiary/aromatic N) is 2. The quantitative estimate of drug-likeness (QED) is 0.614. The van der Waals surface area contributed by atoms with Gasteiger partial charge in [-0.2, -0.15) is 0 Å². The second-order valence-corrected chi connectivity index (χ2v) is 3.88. The fourth-order valence-corrected chi connectivity index (χ4v) is 1.94. The van der Waals surface area contributed by atoms with Crippen LogP contribution in [-0.4, -0.2) is 17.1 Å². The summed E-state index contributed by atoms with van der Waals surface area (Å²) in [6.07, 6.45) is 4.75. The Labute approximate surface area is 106 Å². The number of methoxy groups -OCH3 is 1. The Balaban J connectivity index is 2.31. The minimum absolute atomic E-state index is 0.192. The molecule has 2 atom stereocenters. The third-order valence-electron chi connectivity index (χ3n) is 2.80. The van der Waals surface area contributed by atoms with Gasteiger partial charge >= 0.3 is 0 Å². The Morgan fingerprint density at radius 3 is 2.33 bits per heavy atom. The van der Waals surface area contributed by atoms with Crippen LogP contribution in [0.5, 0.6) is 0 Å². The molecule has 5 nitrogen and oxygen atoms in total. The van der Waals surface area contributed by atoms with Crippen molar-refractivity contribution in [2.24, 2.45) is 5.84 Å². The molecule has 0 fully saturated rings. The maximum absolute atomic E-state index is 5.63. The van der Waals surface area contributed by atoms with Crippen molar-refractivity contribution in [3.63, 3.8) is 0 Å². The number of nitrogens with one attached hydrogen (secondary N) is 1. The van der Waals surface area contributed by atoms with Crippen LogP contribution < -0.4 is 11.3 Å². The minimum atomic E-state index is -0.196. The highest BCUT2D eigenvalue weighted by Crippen LogP contribution is 2.30. The van der Waals surface area contributed by atoms with Crippen molar-refractivity contribution in [1.29, 1.82) is 0 Å². The van der Waals surface area contributed by atoms with Gasteiger partial charge in [-0.15, -0.1) is 0 Å². The van der Waals surface area contributed by atoms with Crippen LogP contribution in [-0.2, 0) is 4.74 Å². The smallest absolute Gasteiger partial charge is 0.115 e. The van der Waals surface area contributed by atoms with E-state index < -0.39 is 0 Å². The number of rotatable bonds is 5. The highest BCUT2D eigenvalue weighted by Gasteiger charge is 2.23. The maximum Gasteiger partial charge on any atom is 0.115 e. The van der Waals surface area contributed by atoms with Crippen molar-refractivity contribution < 1.29 is 4.74 Å². The van der Waals surface area contributed by atoms with Crippen LogP contribution in [0.3, 0.4) is 0 Å². The predicted molar refractivity (Wildman–Crippen MR) is 68.3 cm³/mol. The molecule has 0 aliphatic carbocycles. The molecule has 2 aromatic rings. The van der Waals surface area contributed by atoms with Gasteiger partial charge in [-0.05, 0) is 5.56 Å². The molecule has 0 amide bonds. The minimum Gasteiger partial charge on any atom is -0.375 e. The molecule has 1 heterocycles. The number of nitrogens with two attached hydrogens (primary N) is 1. The summed E-state index contributed by atoms with van der Waals surface area (Å²) >= 11 is 0. The molecule has 0 spiro atoms. The van der Waals surface area contributed by atoms with Crippen LogP contribution in [0.15, 0.2) is 49.1 Å². The summed E-state index contributed by atoms with van der Waals surface area (Å²) in [5, 5.41) is 0. The summed E-state index contributed by atoms with van der Waals surface area (Å²) in [6, 6.07) is 9.71. The van der Waals surface area contributed by atoms with E-state index in [0.717, 1.165) is 11.1 Å². The van der Waals surface area contributed by atoms with Crippen LogP contribution in [0.4, 0.5) is 0 Å². The summed E-state index contributed by atoms with van der Waals surface area (Å²) in [7, 11) is 1.66. The topological polar surface area (TPSA) is 73.1 Å². The van der Waals surface area contributed by atoms with E-state index in [0.29, 0.717) is 0 Å². The lowest BCUT2D eigenvalue weighted by atomic mass is 9.98. The zero-order valence-electron chi connectivity index (χ0n) is 10.2. The van der Waals surface area contributed by atoms with Crippen LogP contribution in [0.25, 0.3) is 0 Å². The summed E-state index contributed by atoms with van der Waals surface area (Å²) in [5.41, 5.74) is 4.70. The van der Waals surface area contributed by atoms with Gasteiger partial charge in [0, 0.05) is 25.1 Å². The van der Waals surface area contributed by atoms with Crippen molar-refractivity contribution in [3.8, 4) is 0 Å². The molecule has 2 rings (SSSR count). The van der Waals surface area contributed by atoms with Crippen molar-refractivity contribution in [2.75, 3.05) is 7.11 Å². The fourth-order valence-electron chi connectivity index (χ4n) is 1.94. The normalized spacial score (nSPS) is 14.1. The van der Waals surface area contributed by atoms with Crippen LogP contribution in [0.1, 0.15) is 23.3 Å². The Morgan fingerprint density at radius 1 is 1.11 bits per heavy atom. The first-order valence-corrected chi connectivity index (χ1v) is 5.65. The Hall–Kier alpha value is -1.82. The van der Waals surface area contributed by atoms with E-state index in [-0.39, 0.29) is 12.1 Å². The highest BCUT2D eigenvalue weighted by atomic mass is 16.5. The first kappa shape index (κ1) is 12.6. The Morgan fingerprint density at radius 2 is 1.78 bits per heavy atom. The molecule has 0 aliphatic heterocycles. The molecular weight excluding hydrogens is 228 g/mol. The number of hydrogen-bond donors (Lipinski definition) is 2. The van der Waals surface area contributed by atoms with Gasteiger partial charge < -0.3 is 4.74 Å². The molecule has 0 saturated heterocycles. The van der Waals surface area contributed by atoms with Crippen LogP contribution in [0.2, 0.25) is 0 Å². The van der Waals surface area contributed by atoms with Crippen molar-refractivity contribution in [3.05, 3.63) is 60.2 Å². The molecule has 0 saturated carbocycles. The lowest BCUT2D eigenvalue weighted by molar-refractivity contribution is 0.0674. The first-order chi connectivity index (χ1) is 8.86. The maximum atomic E-state index is 5.63.